The molecule has 1 atom stereocenters. The molecular formula is C24H37N3O4S. The highest BCUT2D eigenvalue weighted by Gasteiger charge is 2.19. The molecule has 3 heterocycles. The maximum atomic E-state index is 10.4. The highest BCUT2D eigenvalue weighted by atomic mass is 32.1. The van der Waals surface area contributed by atoms with E-state index in [9.17, 15) is 5.11 Å². The Labute approximate surface area is 195 Å². The average Bonchev–Trinajstić information content (AvgIpc) is 3.18. The van der Waals surface area contributed by atoms with Crippen LogP contribution in [0.25, 0.3) is 10.2 Å². The molecule has 0 aliphatic carbocycles. The van der Waals surface area contributed by atoms with Crippen molar-refractivity contribution in [3.05, 3.63) is 23.2 Å². The molecule has 2 aliphatic heterocycles. The van der Waals surface area contributed by atoms with Crippen LogP contribution in [-0.2, 0) is 9.47 Å². The van der Waals surface area contributed by atoms with Gasteiger partial charge in [-0.05, 0) is 51.3 Å². The smallest absolute Gasteiger partial charge is 0.121 e. The maximum Gasteiger partial charge on any atom is 0.121 e. The number of rotatable bonds is 11. The molecule has 8 heteroatoms. The number of piperazine rings is 1. The van der Waals surface area contributed by atoms with E-state index in [0.717, 1.165) is 88.1 Å². The number of aromatic nitrogens is 1. The molecule has 2 aliphatic rings. The standard InChI is InChI=1S/C24H37N3O4S/c1-19-25-23-16-22(4-5-24(23)32-19)31-18-20(28)17-27-11-9-26(10-12-27)8-2-3-13-30-21-6-14-29-15-7-21/h4-5,16,20-21,28H,2-3,6-15,17-18H2,1H3/t20-/m1/s1. The van der Waals surface area contributed by atoms with Crippen LogP contribution >= 0.6 is 11.3 Å². The van der Waals surface area contributed by atoms with Crippen LogP contribution in [0.15, 0.2) is 18.2 Å². The summed E-state index contributed by atoms with van der Waals surface area (Å²) in [5, 5.41) is 11.5. The SMILES string of the molecule is Cc1nc2cc(OC[C@H](O)CN3CCN(CCCCOC4CCOCC4)CC3)ccc2s1. The summed E-state index contributed by atoms with van der Waals surface area (Å²) in [6.07, 6.45) is 4.31. The quantitative estimate of drug-likeness (QED) is 0.514. The number of ether oxygens (including phenoxy) is 3. The largest absolute Gasteiger partial charge is 0.491 e. The van der Waals surface area contributed by atoms with Gasteiger partial charge in [0, 0.05) is 58.6 Å². The summed E-state index contributed by atoms with van der Waals surface area (Å²) in [5.41, 5.74) is 0.964. The normalized spacial score (nSPS) is 20.1. The fourth-order valence-corrected chi connectivity index (χ4v) is 5.19. The molecule has 7 nitrogen and oxygen atoms in total. The Kier molecular flexibility index (Phi) is 9.13. The first-order valence-electron chi connectivity index (χ1n) is 12.0. The number of benzene rings is 1. The third-order valence-corrected chi connectivity index (χ3v) is 7.18. The second-order valence-electron chi connectivity index (χ2n) is 8.86. The summed E-state index contributed by atoms with van der Waals surface area (Å²) < 4.78 is 18.3. The second kappa shape index (κ2) is 12.3. The predicted molar refractivity (Wildman–Crippen MR) is 128 cm³/mol. The number of aryl methyl sites for hydroxylation is 1. The topological polar surface area (TPSA) is 67.3 Å². The minimum absolute atomic E-state index is 0.307. The van der Waals surface area contributed by atoms with Crippen molar-refractivity contribution < 1.29 is 19.3 Å². The Morgan fingerprint density at radius 3 is 2.75 bits per heavy atom. The van der Waals surface area contributed by atoms with E-state index in [2.05, 4.69) is 14.8 Å². The van der Waals surface area contributed by atoms with E-state index < -0.39 is 6.10 Å². The zero-order chi connectivity index (χ0) is 22.2. The molecule has 0 unspecified atom stereocenters. The third-order valence-electron chi connectivity index (χ3n) is 6.23. The summed E-state index contributed by atoms with van der Waals surface area (Å²) >= 11 is 1.68. The summed E-state index contributed by atoms with van der Waals surface area (Å²) in [5.74, 6) is 0.771. The monoisotopic (exact) mass is 463 g/mol. The molecule has 0 amide bonds. The number of hydrogen-bond acceptors (Lipinski definition) is 8. The van der Waals surface area contributed by atoms with Gasteiger partial charge in [0.1, 0.15) is 18.5 Å². The Morgan fingerprint density at radius 2 is 1.94 bits per heavy atom. The first-order chi connectivity index (χ1) is 15.7. The molecule has 1 aromatic heterocycles. The summed E-state index contributed by atoms with van der Waals surface area (Å²) in [4.78, 5) is 9.37. The van der Waals surface area contributed by atoms with Crippen molar-refractivity contribution in [3.63, 3.8) is 0 Å². The van der Waals surface area contributed by atoms with E-state index in [1.165, 1.54) is 11.1 Å². The number of unbranched alkanes of at least 4 members (excludes halogenated alkanes) is 1. The van der Waals surface area contributed by atoms with E-state index in [0.29, 0.717) is 19.3 Å². The maximum absolute atomic E-state index is 10.4. The Balaban J connectivity index is 1.06. The van der Waals surface area contributed by atoms with Crippen LogP contribution in [0.1, 0.15) is 30.7 Å². The van der Waals surface area contributed by atoms with Gasteiger partial charge in [0.15, 0.2) is 0 Å². The van der Waals surface area contributed by atoms with Crippen LogP contribution in [0.3, 0.4) is 0 Å². The van der Waals surface area contributed by atoms with Crippen molar-refractivity contribution in [2.75, 3.05) is 65.7 Å². The molecule has 0 bridgehead atoms. The molecule has 2 aromatic rings. The van der Waals surface area contributed by atoms with Crippen LogP contribution in [-0.4, -0.2) is 97.8 Å². The van der Waals surface area contributed by atoms with Crippen LogP contribution in [0.5, 0.6) is 5.75 Å². The number of aliphatic hydroxyl groups is 1. The van der Waals surface area contributed by atoms with E-state index in [1.807, 2.05) is 25.1 Å². The Hall–Kier alpha value is -1.29. The van der Waals surface area contributed by atoms with Crippen molar-refractivity contribution in [1.29, 1.82) is 0 Å². The van der Waals surface area contributed by atoms with Crippen molar-refractivity contribution >= 4 is 21.6 Å². The molecule has 178 valence electrons. The first-order valence-corrected chi connectivity index (χ1v) is 12.8. The lowest BCUT2D eigenvalue weighted by atomic mass is 10.1. The van der Waals surface area contributed by atoms with Crippen LogP contribution in [0.2, 0.25) is 0 Å². The van der Waals surface area contributed by atoms with Gasteiger partial charge in [0.2, 0.25) is 0 Å². The number of β-amino-alcohol motifs (C(OH)–C–C–N with tert-alkyl or cyclic N) is 1. The van der Waals surface area contributed by atoms with Gasteiger partial charge in [-0.2, -0.15) is 0 Å². The van der Waals surface area contributed by atoms with Gasteiger partial charge >= 0.3 is 0 Å². The zero-order valence-corrected chi connectivity index (χ0v) is 20.0. The zero-order valence-electron chi connectivity index (χ0n) is 19.2. The van der Waals surface area contributed by atoms with Gasteiger partial charge in [-0.3, -0.25) is 4.90 Å². The van der Waals surface area contributed by atoms with E-state index in [4.69, 9.17) is 14.2 Å². The summed E-state index contributed by atoms with van der Waals surface area (Å²) in [6, 6.07) is 5.96. The highest BCUT2D eigenvalue weighted by Crippen LogP contribution is 2.25. The van der Waals surface area contributed by atoms with Gasteiger partial charge in [0.05, 0.1) is 21.3 Å². The molecular weight excluding hydrogens is 426 g/mol. The van der Waals surface area contributed by atoms with Crippen molar-refractivity contribution in [1.82, 2.24) is 14.8 Å². The third kappa shape index (κ3) is 7.37. The number of fused-ring (bicyclic) bond motifs is 1. The molecule has 32 heavy (non-hydrogen) atoms. The number of hydrogen-bond donors (Lipinski definition) is 1. The van der Waals surface area contributed by atoms with Gasteiger partial charge in [-0.25, -0.2) is 4.98 Å². The first kappa shape index (κ1) is 23.9. The molecule has 0 spiro atoms. The lowest BCUT2D eigenvalue weighted by molar-refractivity contribution is -0.0331. The summed E-state index contributed by atoms with van der Waals surface area (Å²) in [6.45, 7) is 10.8. The molecule has 1 N–H and O–H groups in total. The van der Waals surface area contributed by atoms with E-state index >= 15 is 0 Å². The predicted octanol–water partition coefficient (Wildman–Crippen LogP) is 2.94. The molecule has 1 aromatic carbocycles. The van der Waals surface area contributed by atoms with Gasteiger partial charge < -0.3 is 24.2 Å². The second-order valence-corrected chi connectivity index (χ2v) is 10.1. The van der Waals surface area contributed by atoms with Gasteiger partial charge in [0.25, 0.3) is 0 Å². The fourth-order valence-electron chi connectivity index (χ4n) is 4.38. The van der Waals surface area contributed by atoms with E-state index in [1.54, 1.807) is 11.3 Å². The van der Waals surface area contributed by atoms with Gasteiger partial charge in [-0.1, -0.05) is 0 Å². The minimum Gasteiger partial charge on any atom is -0.491 e. The van der Waals surface area contributed by atoms with Crippen LogP contribution in [0, 0.1) is 6.92 Å². The van der Waals surface area contributed by atoms with E-state index in [-0.39, 0.29) is 0 Å². The van der Waals surface area contributed by atoms with Crippen molar-refractivity contribution in [2.24, 2.45) is 0 Å². The molecule has 0 saturated carbocycles. The van der Waals surface area contributed by atoms with Crippen LogP contribution < -0.4 is 4.74 Å². The number of thiazole rings is 1. The van der Waals surface area contributed by atoms with Crippen molar-refractivity contribution in [2.45, 2.75) is 44.8 Å². The summed E-state index contributed by atoms with van der Waals surface area (Å²) in [7, 11) is 0. The number of aliphatic hydroxyl groups excluding tert-OH is 1. The lowest BCUT2D eigenvalue weighted by Gasteiger charge is -2.35. The van der Waals surface area contributed by atoms with Crippen LogP contribution in [0.4, 0.5) is 0 Å². The Morgan fingerprint density at radius 1 is 1.16 bits per heavy atom. The van der Waals surface area contributed by atoms with Crippen molar-refractivity contribution in [3.8, 4) is 5.75 Å². The minimum atomic E-state index is -0.489. The molecule has 0 radical (unpaired) electrons. The molecule has 2 saturated heterocycles. The number of nitrogens with zero attached hydrogens (tertiary/aromatic N) is 3. The molecule has 2 fully saturated rings. The highest BCUT2D eigenvalue weighted by molar-refractivity contribution is 7.18. The fraction of sp³-hybridized carbons (Fsp3) is 0.708. The Bertz CT molecular complexity index is 819. The molecule has 4 rings (SSSR count). The van der Waals surface area contributed by atoms with Gasteiger partial charge in [-0.15, -0.1) is 11.3 Å². The lowest BCUT2D eigenvalue weighted by Crippen LogP contribution is -2.49. The average molecular weight is 464 g/mol.